The molecule has 0 unspecified atom stereocenters. The lowest BCUT2D eigenvalue weighted by molar-refractivity contribution is -0.116. The van der Waals surface area contributed by atoms with Crippen molar-refractivity contribution in [2.45, 2.75) is 13.5 Å². The summed E-state index contributed by atoms with van der Waals surface area (Å²) in [5.41, 5.74) is 0.793. The smallest absolute Gasteiger partial charge is 0.341 e. The van der Waals surface area contributed by atoms with Crippen LogP contribution in [0.5, 0.6) is 5.75 Å². The first-order chi connectivity index (χ1) is 14.0. The van der Waals surface area contributed by atoms with Crippen molar-refractivity contribution in [3.63, 3.8) is 0 Å². The molecule has 0 saturated carbocycles. The van der Waals surface area contributed by atoms with Gasteiger partial charge in [-0.2, -0.15) is 0 Å². The third-order valence-corrected chi connectivity index (χ3v) is 5.16. The van der Waals surface area contributed by atoms with Crippen LogP contribution < -0.4 is 15.6 Å². The zero-order chi connectivity index (χ0) is 20.8. The van der Waals surface area contributed by atoms with Crippen molar-refractivity contribution in [1.29, 1.82) is 0 Å². The number of nitrogens with zero attached hydrogens (tertiary/aromatic N) is 1. The molecular weight excluding hydrogens is 392 g/mol. The van der Waals surface area contributed by atoms with E-state index < -0.39 is 17.4 Å². The molecule has 8 heteroatoms. The summed E-state index contributed by atoms with van der Waals surface area (Å²) in [6.07, 6.45) is 1.50. The van der Waals surface area contributed by atoms with E-state index >= 15 is 0 Å². The number of benzene rings is 1. The molecule has 0 bridgehead atoms. The highest BCUT2D eigenvalue weighted by Gasteiger charge is 2.20. The number of carbonyl (C=O) groups excluding carboxylic acids is 2. The molecule has 0 radical (unpaired) electrons. The molecule has 3 aromatic rings. The second kappa shape index (κ2) is 9.20. The molecule has 150 valence electrons. The van der Waals surface area contributed by atoms with E-state index in [4.69, 9.17) is 9.47 Å². The molecule has 0 aliphatic rings. The van der Waals surface area contributed by atoms with E-state index in [-0.39, 0.29) is 24.5 Å². The number of hydrogen-bond donors (Lipinski definition) is 1. The molecule has 2 heterocycles. The van der Waals surface area contributed by atoms with Gasteiger partial charge in [0.2, 0.25) is 5.91 Å². The fraction of sp³-hybridized carbons (Fsp3) is 0.190. The third-order valence-electron chi connectivity index (χ3n) is 4.06. The van der Waals surface area contributed by atoms with Gasteiger partial charge in [-0.15, -0.1) is 11.3 Å². The van der Waals surface area contributed by atoms with Crippen LogP contribution in [0.4, 0.5) is 5.00 Å². The van der Waals surface area contributed by atoms with Crippen LogP contribution in [0.3, 0.4) is 0 Å². The van der Waals surface area contributed by atoms with E-state index in [1.165, 1.54) is 35.3 Å². The van der Waals surface area contributed by atoms with E-state index in [1.807, 2.05) is 30.3 Å². The molecule has 29 heavy (non-hydrogen) atoms. The summed E-state index contributed by atoms with van der Waals surface area (Å²) >= 11 is 1.27. The van der Waals surface area contributed by atoms with E-state index in [0.29, 0.717) is 5.00 Å². The molecule has 1 N–H and O–H groups in total. The van der Waals surface area contributed by atoms with Gasteiger partial charge in [0.05, 0.1) is 19.3 Å². The van der Waals surface area contributed by atoms with Crippen molar-refractivity contribution >= 4 is 28.2 Å². The van der Waals surface area contributed by atoms with Gasteiger partial charge in [0.15, 0.2) is 5.75 Å². The van der Waals surface area contributed by atoms with Gasteiger partial charge in [0.1, 0.15) is 11.5 Å². The number of pyridine rings is 1. The maximum Gasteiger partial charge on any atom is 0.341 e. The van der Waals surface area contributed by atoms with Gasteiger partial charge < -0.3 is 19.4 Å². The topological polar surface area (TPSA) is 86.6 Å². The van der Waals surface area contributed by atoms with E-state index in [9.17, 15) is 14.4 Å². The summed E-state index contributed by atoms with van der Waals surface area (Å²) < 4.78 is 11.3. The minimum absolute atomic E-state index is 0.148. The van der Waals surface area contributed by atoms with Crippen LogP contribution in [0, 0.1) is 0 Å². The third kappa shape index (κ3) is 4.72. The second-order valence-electron chi connectivity index (χ2n) is 6.00. The zero-order valence-corrected chi connectivity index (χ0v) is 16.8. The number of rotatable bonds is 7. The Morgan fingerprint density at radius 3 is 2.59 bits per heavy atom. The van der Waals surface area contributed by atoms with Crippen LogP contribution in [0.1, 0.15) is 17.3 Å². The highest BCUT2D eigenvalue weighted by molar-refractivity contribution is 7.20. The fourth-order valence-corrected chi connectivity index (χ4v) is 3.77. The summed E-state index contributed by atoms with van der Waals surface area (Å²) in [4.78, 5) is 37.9. The van der Waals surface area contributed by atoms with Crippen LogP contribution in [0.15, 0.2) is 59.5 Å². The molecule has 0 spiro atoms. The van der Waals surface area contributed by atoms with Crippen LogP contribution in [-0.4, -0.2) is 30.2 Å². The summed E-state index contributed by atoms with van der Waals surface area (Å²) in [6.45, 7) is 1.73. The molecule has 1 aromatic carbocycles. The molecular formula is C21H20N2O5S. The number of ether oxygens (including phenoxy) is 2. The Labute approximate surface area is 171 Å². The summed E-state index contributed by atoms with van der Waals surface area (Å²) in [7, 11) is 1.39. The number of carbonyl (C=O) groups is 2. The molecule has 0 aliphatic heterocycles. The van der Waals surface area contributed by atoms with Crippen molar-refractivity contribution in [3.05, 3.63) is 70.6 Å². The number of thiophene rings is 1. The van der Waals surface area contributed by atoms with Crippen molar-refractivity contribution in [2.24, 2.45) is 0 Å². The van der Waals surface area contributed by atoms with Gasteiger partial charge in [0.25, 0.3) is 5.56 Å². The molecule has 2 aromatic heterocycles. The molecule has 0 aliphatic carbocycles. The molecule has 0 saturated heterocycles. The Kier molecular flexibility index (Phi) is 6.46. The van der Waals surface area contributed by atoms with Crippen molar-refractivity contribution < 1.29 is 19.1 Å². The lowest BCUT2D eigenvalue weighted by atomic mass is 10.1. The SMILES string of the molecule is CCOC(=O)c1cc(-c2ccccc2)sc1NC(=O)Cn1cccc(OC)c1=O. The predicted molar refractivity (Wildman–Crippen MR) is 112 cm³/mol. The first kappa shape index (κ1) is 20.3. The number of anilines is 1. The number of esters is 1. The summed E-state index contributed by atoms with van der Waals surface area (Å²) in [6, 6.07) is 14.4. The number of aromatic nitrogens is 1. The van der Waals surface area contributed by atoms with E-state index in [2.05, 4.69) is 5.32 Å². The van der Waals surface area contributed by atoms with E-state index in [0.717, 1.165) is 10.4 Å². The standard InChI is InChI=1S/C21H20N2O5S/c1-3-28-21(26)15-12-17(14-8-5-4-6-9-14)29-19(15)22-18(24)13-23-11-7-10-16(27-2)20(23)25/h4-12H,3,13H2,1-2H3,(H,22,24). The number of methoxy groups -OCH3 is 1. The Morgan fingerprint density at radius 1 is 1.14 bits per heavy atom. The fourth-order valence-electron chi connectivity index (χ4n) is 2.70. The Hall–Kier alpha value is -3.39. The van der Waals surface area contributed by atoms with Gasteiger partial charge in [0, 0.05) is 11.1 Å². The number of amides is 1. The lowest BCUT2D eigenvalue weighted by Crippen LogP contribution is -2.27. The molecule has 7 nitrogen and oxygen atoms in total. The van der Waals surface area contributed by atoms with Gasteiger partial charge in [-0.05, 0) is 30.7 Å². The molecule has 3 rings (SSSR count). The Balaban J connectivity index is 1.87. The van der Waals surface area contributed by atoms with Crippen molar-refractivity contribution in [1.82, 2.24) is 4.57 Å². The van der Waals surface area contributed by atoms with Gasteiger partial charge >= 0.3 is 5.97 Å². The summed E-state index contributed by atoms with van der Waals surface area (Å²) in [5.74, 6) is -0.804. The molecule has 0 fully saturated rings. The predicted octanol–water partition coefficient (Wildman–Crippen LogP) is 3.40. The van der Waals surface area contributed by atoms with Crippen molar-refractivity contribution in [2.75, 3.05) is 19.0 Å². The largest absolute Gasteiger partial charge is 0.491 e. The monoisotopic (exact) mass is 412 g/mol. The Morgan fingerprint density at radius 2 is 1.90 bits per heavy atom. The second-order valence-corrected chi connectivity index (χ2v) is 7.05. The van der Waals surface area contributed by atoms with Crippen LogP contribution in [-0.2, 0) is 16.1 Å². The average Bonchev–Trinajstić information content (AvgIpc) is 3.14. The lowest BCUT2D eigenvalue weighted by Gasteiger charge is -2.09. The molecule has 0 atom stereocenters. The summed E-state index contributed by atoms with van der Waals surface area (Å²) in [5, 5.41) is 3.11. The number of nitrogens with one attached hydrogen (secondary N) is 1. The van der Waals surface area contributed by atoms with Gasteiger partial charge in [-0.25, -0.2) is 4.79 Å². The molecule has 1 amide bonds. The quantitative estimate of drug-likeness (QED) is 0.601. The first-order valence-electron chi connectivity index (χ1n) is 8.93. The highest BCUT2D eigenvalue weighted by atomic mass is 32.1. The average molecular weight is 412 g/mol. The maximum absolute atomic E-state index is 12.6. The van der Waals surface area contributed by atoms with Crippen LogP contribution in [0.25, 0.3) is 10.4 Å². The first-order valence-corrected chi connectivity index (χ1v) is 9.74. The van der Waals surface area contributed by atoms with E-state index in [1.54, 1.807) is 19.1 Å². The highest BCUT2D eigenvalue weighted by Crippen LogP contribution is 2.35. The maximum atomic E-state index is 12.6. The Bertz CT molecular complexity index is 1070. The van der Waals surface area contributed by atoms with Crippen LogP contribution in [0.2, 0.25) is 0 Å². The van der Waals surface area contributed by atoms with Crippen LogP contribution >= 0.6 is 11.3 Å². The number of hydrogen-bond acceptors (Lipinski definition) is 6. The van der Waals surface area contributed by atoms with Gasteiger partial charge in [-0.3, -0.25) is 9.59 Å². The zero-order valence-electron chi connectivity index (χ0n) is 16.0. The van der Waals surface area contributed by atoms with Crippen molar-refractivity contribution in [3.8, 4) is 16.2 Å². The normalized spacial score (nSPS) is 10.4. The minimum atomic E-state index is -0.514. The minimum Gasteiger partial charge on any atom is -0.491 e. The van der Waals surface area contributed by atoms with Gasteiger partial charge in [-0.1, -0.05) is 30.3 Å².